The first-order valence-corrected chi connectivity index (χ1v) is 6.73. The molecule has 0 aliphatic heterocycles. The molecule has 0 saturated heterocycles. The minimum Gasteiger partial charge on any atom is -0.360 e. The van der Waals surface area contributed by atoms with Gasteiger partial charge in [-0.25, -0.2) is 9.45 Å². The number of nitrogens with zero attached hydrogens (tertiary/aromatic N) is 1. The van der Waals surface area contributed by atoms with E-state index >= 15 is 0 Å². The molecule has 0 radical (unpaired) electrons. The Labute approximate surface area is 121 Å². The number of benzene rings is 1. The lowest BCUT2D eigenvalue weighted by atomic mass is 10.1. The van der Waals surface area contributed by atoms with Crippen LogP contribution in [0.25, 0.3) is 10.9 Å². The number of hydrogen-bond donors (Lipinski definition) is 1. The smallest absolute Gasteiger partial charge is 0.318 e. The number of H-pyrrole nitrogens is 1. The van der Waals surface area contributed by atoms with Gasteiger partial charge in [0.25, 0.3) is 5.78 Å². The number of hydrogen-bond acceptors (Lipinski definition) is 3. The van der Waals surface area contributed by atoms with Crippen molar-refractivity contribution in [3.63, 3.8) is 0 Å². The Bertz CT molecular complexity index is 679. The highest BCUT2D eigenvalue weighted by Gasteiger charge is 2.28. The average Bonchev–Trinajstić information content (AvgIpc) is 2.85. The minimum atomic E-state index is -0.739. The molecule has 0 saturated carbocycles. The lowest BCUT2D eigenvalue weighted by Crippen LogP contribution is -2.41. The molecule has 6 heteroatoms. The lowest BCUT2D eigenvalue weighted by molar-refractivity contribution is -0.189. The van der Waals surface area contributed by atoms with Gasteiger partial charge >= 0.3 is 5.91 Å². The Morgan fingerprint density at radius 2 is 2.10 bits per heavy atom. The van der Waals surface area contributed by atoms with Gasteiger partial charge in [-0.15, -0.1) is 0 Å². The highest BCUT2D eigenvalue weighted by atomic mass is 19.1. The molecule has 0 unspecified atom stereocenters. The van der Waals surface area contributed by atoms with Gasteiger partial charge in [-0.2, -0.15) is 0 Å². The van der Waals surface area contributed by atoms with Gasteiger partial charge in [0.1, 0.15) is 5.82 Å². The molecule has 21 heavy (non-hydrogen) atoms. The molecule has 0 spiro atoms. The number of carbonyl (C=O) groups is 2. The second kappa shape index (κ2) is 6.05. The van der Waals surface area contributed by atoms with E-state index in [-0.39, 0.29) is 18.2 Å². The molecule has 2 rings (SSSR count). The zero-order chi connectivity index (χ0) is 15.6. The summed E-state index contributed by atoms with van der Waals surface area (Å²) in [4.78, 5) is 32.6. The van der Waals surface area contributed by atoms with Gasteiger partial charge in [0.15, 0.2) is 0 Å². The largest absolute Gasteiger partial charge is 0.360 e. The highest BCUT2D eigenvalue weighted by molar-refractivity contribution is 6.44. The molecule has 1 amide bonds. The summed E-state index contributed by atoms with van der Waals surface area (Å²) in [5, 5.41) is 1.57. The number of aromatic amines is 1. The molecular weight excluding hydrogens is 275 g/mol. The molecule has 2 aromatic rings. The highest BCUT2D eigenvalue weighted by Crippen LogP contribution is 2.20. The molecule has 0 atom stereocenters. The van der Waals surface area contributed by atoms with E-state index in [2.05, 4.69) is 4.98 Å². The maximum Gasteiger partial charge on any atom is 0.318 e. The van der Waals surface area contributed by atoms with Crippen LogP contribution in [0, 0.1) is 5.82 Å². The van der Waals surface area contributed by atoms with Crippen LogP contribution in [0.2, 0.25) is 0 Å². The summed E-state index contributed by atoms with van der Waals surface area (Å²) < 4.78 is 13.1. The minimum absolute atomic E-state index is 0.209. The molecular formula is C15H17FN2O3. The summed E-state index contributed by atoms with van der Waals surface area (Å²) >= 11 is 0. The van der Waals surface area contributed by atoms with Crippen LogP contribution in [-0.2, 0) is 9.63 Å². The molecule has 0 bridgehead atoms. The van der Waals surface area contributed by atoms with E-state index in [0.717, 1.165) is 5.06 Å². The fourth-order valence-corrected chi connectivity index (χ4v) is 2.08. The maximum atomic E-state index is 13.1. The van der Waals surface area contributed by atoms with E-state index in [1.807, 2.05) is 0 Å². The zero-order valence-electron chi connectivity index (χ0n) is 12.1. The predicted octanol–water partition coefficient (Wildman–Crippen LogP) is 2.68. The van der Waals surface area contributed by atoms with Crippen molar-refractivity contribution >= 4 is 22.6 Å². The van der Waals surface area contributed by atoms with Gasteiger partial charge in [0, 0.05) is 17.1 Å². The third kappa shape index (κ3) is 2.95. The van der Waals surface area contributed by atoms with Crippen LogP contribution in [0.5, 0.6) is 0 Å². The first-order chi connectivity index (χ1) is 9.95. The molecule has 0 aliphatic carbocycles. The summed E-state index contributed by atoms with van der Waals surface area (Å²) in [6.45, 7) is 5.54. The Balaban J connectivity index is 2.35. The molecule has 0 aliphatic rings. The molecule has 112 valence electrons. The van der Waals surface area contributed by atoms with Crippen molar-refractivity contribution in [2.75, 3.05) is 6.61 Å². The molecule has 1 N–H and O–H groups in total. The van der Waals surface area contributed by atoms with E-state index in [1.54, 1.807) is 20.8 Å². The monoisotopic (exact) mass is 292 g/mol. The van der Waals surface area contributed by atoms with Crippen LogP contribution >= 0.6 is 0 Å². The van der Waals surface area contributed by atoms with E-state index in [9.17, 15) is 14.0 Å². The van der Waals surface area contributed by atoms with Gasteiger partial charge in [-0.05, 0) is 39.0 Å². The molecule has 1 aromatic carbocycles. The van der Waals surface area contributed by atoms with Crippen LogP contribution < -0.4 is 0 Å². The average molecular weight is 292 g/mol. The van der Waals surface area contributed by atoms with Gasteiger partial charge in [0.2, 0.25) is 0 Å². The first-order valence-electron chi connectivity index (χ1n) is 6.73. The Morgan fingerprint density at radius 3 is 2.71 bits per heavy atom. The van der Waals surface area contributed by atoms with Crippen molar-refractivity contribution in [1.29, 1.82) is 0 Å². The summed E-state index contributed by atoms with van der Waals surface area (Å²) in [5.74, 6) is -1.83. The van der Waals surface area contributed by atoms with Gasteiger partial charge in [-0.1, -0.05) is 0 Å². The van der Waals surface area contributed by atoms with Crippen molar-refractivity contribution in [1.82, 2.24) is 10.0 Å². The van der Waals surface area contributed by atoms with Crippen molar-refractivity contribution in [3.05, 3.63) is 35.8 Å². The number of ketones is 1. The van der Waals surface area contributed by atoms with Crippen molar-refractivity contribution < 1.29 is 18.8 Å². The van der Waals surface area contributed by atoms with Gasteiger partial charge < -0.3 is 4.98 Å². The van der Waals surface area contributed by atoms with Gasteiger partial charge in [0.05, 0.1) is 18.2 Å². The second-order valence-corrected chi connectivity index (χ2v) is 4.86. The number of Topliss-reactive ketones (excluding diaryl/α,β-unsaturated/α-hetero) is 1. The number of rotatable bonds is 5. The van der Waals surface area contributed by atoms with Crippen LogP contribution in [0.4, 0.5) is 4.39 Å². The number of hydroxylamine groups is 2. The lowest BCUT2D eigenvalue weighted by Gasteiger charge is -2.24. The number of halogens is 1. The molecule has 0 fully saturated rings. The summed E-state index contributed by atoms with van der Waals surface area (Å²) in [6, 6.07) is 3.74. The third-order valence-corrected chi connectivity index (χ3v) is 3.02. The summed E-state index contributed by atoms with van der Waals surface area (Å²) in [6.07, 6.45) is 1.41. The number of amides is 1. The fraction of sp³-hybridized carbons (Fsp3) is 0.333. The van der Waals surface area contributed by atoms with Crippen molar-refractivity contribution in [3.8, 4) is 0 Å². The molecule has 1 aromatic heterocycles. The molecule has 5 nitrogen and oxygen atoms in total. The Hall–Kier alpha value is -2.21. The third-order valence-electron chi connectivity index (χ3n) is 3.02. The summed E-state index contributed by atoms with van der Waals surface area (Å²) in [5.41, 5.74) is 0.680. The van der Waals surface area contributed by atoms with Gasteiger partial charge in [-0.3, -0.25) is 14.4 Å². The van der Waals surface area contributed by atoms with Crippen LogP contribution in [-0.4, -0.2) is 34.4 Å². The topological polar surface area (TPSA) is 62.4 Å². The fourth-order valence-electron chi connectivity index (χ4n) is 2.08. The Morgan fingerprint density at radius 1 is 1.38 bits per heavy atom. The standard InChI is InChI=1S/C15H17FN2O3/c1-4-21-18(9(2)3)15(20)14(19)12-8-17-13-7-10(16)5-6-11(12)13/h5-9,17H,4H2,1-3H3. The van der Waals surface area contributed by atoms with Crippen molar-refractivity contribution in [2.24, 2.45) is 0 Å². The zero-order valence-corrected chi connectivity index (χ0v) is 12.1. The Kier molecular flexibility index (Phi) is 4.37. The normalized spacial score (nSPS) is 11.1. The van der Waals surface area contributed by atoms with E-state index in [4.69, 9.17) is 4.84 Å². The first kappa shape index (κ1) is 15.2. The number of aromatic nitrogens is 1. The predicted molar refractivity (Wildman–Crippen MR) is 76.2 cm³/mol. The van der Waals surface area contributed by atoms with Crippen LogP contribution in [0.1, 0.15) is 31.1 Å². The number of nitrogens with one attached hydrogen (secondary N) is 1. The van der Waals surface area contributed by atoms with E-state index < -0.39 is 17.5 Å². The number of fused-ring (bicyclic) bond motifs is 1. The quantitative estimate of drug-likeness (QED) is 0.523. The second-order valence-electron chi connectivity index (χ2n) is 4.86. The van der Waals surface area contributed by atoms with Crippen molar-refractivity contribution in [2.45, 2.75) is 26.8 Å². The van der Waals surface area contributed by atoms with E-state index in [1.165, 1.54) is 24.4 Å². The summed E-state index contributed by atoms with van der Waals surface area (Å²) in [7, 11) is 0. The van der Waals surface area contributed by atoms with Crippen LogP contribution in [0.3, 0.4) is 0 Å². The molecule has 1 heterocycles. The van der Waals surface area contributed by atoms with Crippen LogP contribution in [0.15, 0.2) is 24.4 Å². The SMILES string of the molecule is CCON(C(=O)C(=O)c1c[nH]c2cc(F)ccc12)C(C)C. The number of carbonyl (C=O) groups excluding carboxylic acids is 2. The maximum absolute atomic E-state index is 13.1. The van der Waals surface area contributed by atoms with E-state index in [0.29, 0.717) is 10.9 Å².